The smallest absolute Gasteiger partial charge is 0.229 e. The summed E-state index contributed by atoms with van der Waals surface area (Å²) in [6, 6.07) is 16.0. The van der Waals surface area contributed by atoms with Crippen molar-refractivity contribution >= 4 is 56.8 Å². The SMILES string of the molecule is CCN(CC)CCN(C(=O)CCSc1ccccc1)c1nc2ccc(OC)cc2s1.Cl. The van der Waals surface area contributed by atoms with Gasteiger partial charge in [0, 0.05) is 30.2 Å². The van der Waals surface area contributed by atoms with Crippen LogP contribution in [0.15, 0.2) is 53.4 Å². The van der Waals surface area contributed by atoms with Gasteiger partial charge in [-0.25, -0.2) is 4.98 Å². The van der Waals surface area contributed by atoms with Crippen LogP contribution in [0.25, 0.3) is 10.2 Å². The van der Waals surface area contributed by atoms with Crippen LogP contribution in [-0.2, 0) is 4.79 Å². The van der Waals surface area contributed by atoms with Crippen molar-refractivity contribution in [2.24, 2.45) is 0 Å². The summed E-state index contributed by atoms with van der Waals surface area (Å²) >= 11 is 3.26. The second-order valence-corrected chi connectivity index (χ2v) is 8.99. The van der Waals surface area contributed by atoms with E-state index < -0.39 is 0 Å². The van der Waals surface area contributed by atoms with Crippen LogP contribution in [0.3, 0.4) is 0 Å². The monoisotopic (exact) mass is 479 g/mol. The number of rotatable bonds is 11. The average Bonchev–Trinajstić information content (AvgIpc) is 3.20. The minimum atomic E-state index is 0. The number of methoxy groups -OCH3 is 1. The van der Waals surface area contributed by atoms with Gasteiger partial charge in [-0.05, 0) is 43.4 Å². The maximum absolute atomic E-state index is 13.2. The minimum Gasteiger partial charge on any atom is -0.497 e. The van der Waals surface area contributed by atoms with Gasteiger partial charge in [0.15, 0.2) is 5.13 Å². The molecule has 0 unspecified atom stereocenters. The number of carbonyl (C=O) groups is 1. The maximum atomic E-state index is 13.2. The van der Waals surface area contributed by atoms with Crippen molar-refractivity contribution in [3.05, 3.63) is 48.5 Å². The Morgan fingerprint density at radius 1 is 1.10 bits per heavy atom. The Kier molecular flexibility index (Phi) is 10.6. The Bertz CT molecular complexity index is 948. The van der Waals surface area contributed by atoms with E-state index in [1.165, 1.54) is 4.90 Å². The topological polar surface area (TPSA) is 45.7 Å². The predicted octanol–water partition coefficient (Wildman–Crippen LogP) is 5.58. The second-order valence-electron chi connectivity index (χ2n) is 6.81. The van der Waals surface area contributed by atoms with Crippen molar-refractivity contribution in [2.45, 2.75) is 25.2 Å². The van der Waals surface area contributed by atoms with Gasteiger partial charge >= 0.3 is 0 Å². The summed E-state index contributed by atoms with van der Waals surface area (Å²) in [5.41, 5.74) is 0.898. The molecule has 0 N–H and O–H groups in total. The Hall–Kier alpha value is -1.80. The van der Waals surface area contributed by atoms with Gasteiger partial charge in [0.1, 0.15) is 5.75 Å². The highest BCUT2D eigenvalue weighted by molar-refractivity contribution is 7.99. The third-order valence-electron chi connectivity index (χ3n) is 4.98. The molecule has 1 aromatic heterocycles. The highest BCUT2D eigenvalue weighted by atomic mass is 35.5. The van der Waals surface area contributed by atoms with Crippen LogP contribution in [0, 0.1) is 0 Å². The van der Waals surface area contributed by atoms with Crippen LogP contribution in [0.1, 0.15) is 20.3 Å². The fourth-order valence-corrected chi connectivity index (χ4v) is 5.05. The fourth-order valence-electron chi connectivity index (χ4n) is 3.15. The molecule has 0 radical (unpaired) electrons. The maximum Gasteiger partial charge on any atom is 0.229 e. The van der Waals surface area contributed by atoms with Gasteiger partial charge in [-0.2, -0.15) is 0 Å². The molecule has 31 heavy (non-hydrogen) atoms. The van der Waals surface area contributed by atoms with Gasteiger partial charge < -0.3 is 9.64 Å². The number of nitrogens with zero attached hydrogens (tertiary/aromatic N) is 3. The quantitative estimate of drug-likeness (QED) is 0.336. The van der Waals surface area contributed by atoms with Gasteiger partial charge in [0.05, 0.1) is 17.3 Å². The number of thiazole rings is 1. The van der Waals surface area contributed by atoms with Gasteiger partial charge in [-0.3, -0.25) is 9.69 Å². The van der Waals surface area contributed by atoms with E-state index >= 15 is 0 Å². The Balaban J connectivity index is 0.00000341. The third kappa shape index (κ3) is 7.10. The normalized spacial score (nSPS) is 10.8. The molecule has 3 rings (SSSR count). The molecule has 0 saturated carbocycles. The van der Waals surface area contributed by atoms with Crippen molar-refractivity contribution in [1.29, 1.82) is 0 Å². The Morgan fingerprint density at radius 2 is 1.84 bits per heavy atom. The molecule has 168 valence electrons. The number of halogens is 1. The zero-order valence-electron chi connectivity index (χ0n) is 18.2. The zero-order valence-corrected chi connectivity index (χ0v) is 20.7. The number of hydrogen-bond acceptors (Lipinski definition) is 6. The average molecular weight is 480 g/mol. The summed E-state index contributed by atoms with van der Waals surface area (Å²) in [4.78, 5) is 23.3. The molecule has 0 bridgehead atoms. The van der Waals surface area contributed by atoms with Crippen molar-refractivity contribution in [2.75, 3.05) is 43.9 Å². The van der Waals surface area contributed by atoms with E-state index in [1.807, 2.05) is 41.3 Å². The summed E-state index contributed by atoms with van der Waals surface area (Å²) in [6.45, 7) is 7.72. The Morgan fingerprint density at radius 3 is 2.52 bits per heavy atom. The van der Waals surface area contributed by atoms with Crippen LogP contribution < -0.4 is 9.64 Å². The van der Waals surface area contributed by atoms with Crippen molar-refractivity contribution < 1.29 is 9.53 Å². The van der Waals surface area contributed by atoms with E-state index in [2.05, 4.69) is 30.9 Å². The summed E-state index contributed by atoms with van der Waals surface area (Å²) in [5, 5.41) is 0.764. The zero-order chi connectivity index (χ0) is 21.3. The number of fused-ring (bicyclic) bond motifs is 1. The van der Waals surface area contributed by atoms with Crippen LogP contribution in [0.2, 0.25) is 0 Å². The lowest BCUT2D eigenvalue weighted by Gasteiger charge is -2.24. The van der Waals surface area contributed by atoms with E-state index in [0.29, 0.717) is 13.0 Å². The van der Waals surface area contributed by atoms with Crippen molar-refractivity contribution in [3.63, 3.8) is 0 Å². The first-order valence-electron chi connectivity index (χ1n) is 10.3. The molecule has 3 aromatic rings. The second kappa shape index (κ2) is 12.9. The lowest BCUT2D eigenvalue weighted by atomic mass is 10.3. The molecular weight excluding hydrogens is 450 g/mol. The number of amides is 1. The highest BCUT2D eigenvalue weighted by Gasteiger charge is 2.20. The molecule has 8 heteroatoms. The number of anilines is 1. The molecule has 1 heterocycles. The molecule has 0 aliphatic rings. The number of benzene rings is 2. The summed E-state index contributed by atoms with van der Waals surface area (Å²) in [6.07, 6.45) is 0.483. The number of carbonyl (C=O) groups excluding carboxylic acids is 1. The molecule has 1 amide bonds. The van der Waals surface area contributed by atoms with Gasteiger partial charge in [-0.1, -0.05) is 43.4 Å². The number of thioether (sulfide) groups is 1. The number of likely N-dealkylation sites (N-methyl/N-ethyl adjacent to an activating group) is 1. The standard InChI is InChI=1S/C23H29N3O2S2.ClH/c1-4-25(5-2)14-15-26(22(27)13-16-29-19-9-7-6-8-10-19)23-24-20-12-11-18(28-3)17-21(20)30-23;/h6-12,17H,4-5,13-16H2,1-3H3;1H. The van der Waals surface area contributed by atoms with Crippen LogP contribution in [-0.4, -0.2) is 54.8 Å². The number of aromatic nitrogens is 1. The van der Waals surface area contributed by atoms with E-state index in [4.69, 9.17) is 9.72 Å². The Labute approximate surface area is 199 Å². The van der Waals surface area contributed by atoms with Crippen LogP contribution in [0.4, 0.5) is 5.13 Å². The van der Waals surface area contributed by atoms with E-state index in [0.717, 1.165) is 46.5 Å². The first-order valence-corrected chi connectivity index (χ1v) is 12.1. The van der Waals surface area contributed by atoms with E-state index in [9.17, 15) is 4.79 Å². The molecular formula is C23H30ClN3O2S2. The molecule has 2 aromatic carbocycles. The fraction of sp³-hybridized carbons (Fsp3) is 0.391. The van der Waals surface area contributed by atoms with Crippen LogP contribution >= 0.6 is 35.5 Å². The van der Waals surface area contributed by atoms with Gasteiger partial charge in [-0.15, -0.1) is 24.2 Å². The first-order chi connectivity index (χ1) is 14.6. The summed E-state index contributed by atoms with van der Waals surface area (Å²) < 4.78 is 6.36. The molecule has 0 aliphatic heterocycles. The van der Waals surface area contributed by atoms with E-state index in [-0.39, 0.29) is 18.3 Å². The largest absolute Gasteiger partial charge is 0.497 e. The summed E-state index contributed by atoms with van der Waals surface area (Å²) in [7, 11) is 1.66. The third-order valence-corrected chi connectivity index (χ3v) is 7.03. The molecule has 0 saturated heterocycles. The molecule has 0 atom stereocenters. The van der Waals surface area contributed by atoms with Crippen molar-refractivity contribution in [1.82, 2.24) is 9.88 Å². The van der Waals surface area contributed by atoms with Gasteiger partial charge in [0.2, 0.25) is 5.91 Å². The minimum absolute atomic E-state index is 0. The van der Waals surface area contributed by atoms with E-state index in [1.54, 1.807) is 30.2 Å². The number of ether oxygens (including phenoxy) is 1. The summed E-state index contributed by atoms with van der Waals surface area (Å²) in [5.74, 6) is 1.68. The lowest BCUT2D eigenvalue weighted by molar-refractivity contribution is -0.118. The lowest BCUT2D eigenvalue weighted by Crippen LogP contribution is -2.39. The highest BCUT2D eigenvalue weighted by Crippen LogP contribution is 2.32. The molecule has 5 nitrogen and oxygen atoms in total. The molecule has 0 fully saturated rings. The van der Waals surface area contributed by atoms with Crippen LogP contribution in [0.5, 0.6) is 5.75 Å². The number of hydrogen-bond donors (Lipinski definition) is 0. The first kappa shape index (κ1) is 25.5. The van der Waals surface area contributed by atoms with Crippen molar-refractivity contribution in [3.8, 4) is 5.75 Å². The molecule has 0 spiro atoms. The molecule has 0 aliphatic carbocycles. The van der Waals surface area contributed by atoms with Gasteiger partial charge in [0.25, 0.3) is 0 Å². The predicted molar refractivity (Wildman–Crippen MR) is 135 cm³/mol.